The molecule has 2 aliphatic rings. The van der Waals surface area contributed by atoms with Gasteiger partial charge < -0.3 is 9.15 Å². The highest BCUT2D eigenvalue weighted by molar-refractivity contribution is 5.87. The molecule has 0 aromatic carbocycles. The lowest BCUT2D eigenvalue weighted by Crippen LogP contribution is -2.38. The summed E-state index contributed by atoms with van der Waals surface area (Å²) in [7, 11) is 1.28. The van der Waals surface area contributed by atoms with Crippen LogP contribution in [0.15, 0.2) is 29.4 Å². The molecule has 0 N–H and O–H groups in total. The molecule has 1 aromatic heterocycles. The zero-order valence-corrected chi connectivity index (χ0v) is 10.9. The van der Waals surface area contributed by atoms with Gasteiger partial charge in [-0.15, -0.1) is 6.58 Å². The Hall–Kier alpha value is -2.28. The summed E-state index contributed by atoms with van der Waals surface area (Å²) in [4.78, 5) is 31.1. The molecule has 3 heterocycles. The van der Waals surface area contributed by atoms with E-state index in [1.54, 1.807) is 12.1 Å². The zero-order valence-electron chi connectivity index (χ0n) is 10.9. The van der Waals surface area contributed by atoms with Crippen LogP contribution in [0.3, 0.4) is 0 Å². The first-order valence-electron chi connectivity index (χ1n) is 6.17. The Balaban J connectivity index is 2.00. The SMILES string of the molecule is C=CCON1C(=O)N2C[C@@H]1c1ccoc1[C@H]2C(=O)OC. The van der Waals surface area contributed by atoms with E-state index in [1.807, 2.05) is 0 Å². The van der Waals surface area contributed by atoms with E-state index in [2.05, 4.69) is 6.58 Å². The third kappa shape index (κ3) is 1.63. The van der Waals surface area contributed by atoms with Crippen LogP contribution < -0.4 is 0 Å². The topological polar surface area (TPSA) is 72.2 Å². The molecule has 2 atom stereocenters. The Bertz CT molecular complexity index is 567. The van der Waals surface area contributed by atoms with E-state index >= 15 is 0 Å². The van der Waals surface area contributed by atoms with Gasteiger partial charge in [0.1, 0.15) is 11.8 Å². The normalized spacial score (nSPS) is 23.8. The van der Waals surface area contributed by atoms with Crippen LogP contribution in [0, 0.1) is 0 Å². The molecule has 106 valence electrons. The molecule has 7 nitrogen and oxygen atoms in total. The molecule has 0 aliphatic carbocycles. The second kappa shape index (κ2) is 4.68. The fourth-order valence-corrected chi connectivity index (χ4v) is 2.63. The molecule has 20 heavy (non-hydrogen) atoms. The van der Waals surface area contributed by atoms with Crippen molar-refractivity contribution in [3.63, 3.8) is 0 Å². The van der Waals surface area contributed by atoms with Crippen molar-refractivity contribution < 1.29 is 23.6 Å². The van der Waals surface area contributed by atoms with Crippen LogP contribution in [0.1, 0.15) is 23.4 Å². The van der Waals surface area contributed by atoms with Gasteiger partial charge in [0.05, 0.1) is 26.5 Å². The number of hydroxylamine groups is 2. The summed E-state index contributed by atoms with van der Waals surface area (Å²) in [6, 6.07) is 0.234. The molecular weight excluding hydrogens is 264 g/mol. The van der Waals surface area contributed by atoms with Gasteiger partial charge in [0.25, 0.3) is 0 Å². The highest BCUT2D eigenvalue weighted by atomic mass is 16.7. The second-order valence-electron chi connectivity index (χ2n) is 4.53. The van der Waals surface area contributed by atoms with Crippen molar-refractivity contribution in [2.45, 2.75) is 12.1 Å². The van der Waals surface area contributed by atoms with E-state index in [0.717, 1.165) is 5.56 Å². The average Bonchev–Trinajstić information content (AvgIpc) is 3.03. The molecule has 2 amide bonds. The quantitative estimate of drug-likeness (QED) is 0.615. The van der Waals surface area contributed by atoms with E-state index < -0.39 is 12.0 Å². The van der Waals surface area contributed by atoms with Crippen LogP contribution in [0.4, 0.5) is 4.79 Å². The number of amides is 2. The summed E-state index contributed by atoms with van der Waals surface area (Å²) in [5.74, 6) is -0.0928. The third-order valence-corrected chi connectivity index (χ3v) is 3.49. The van der Waals surface area contributed by atoms with Crippen LogP contribution in [-0.4, -0.2) is 42.2 Å². The van der Waals surface area contributed by atoms with Gasteiger partial charge in [-0.05, 0) is 6.07 Å². The summed E-state index contributed by atoms with van der Waals surface area (Å²) in [6.07, 6.45) is 3.05. The number of esters is 1. The van der Waals surface area contributed by atoms with Crippen LogP contribution in [-0.2, 0) is 14.4 Å². The molecule has 2 bridgehead atoms. The number of carbonyl (C=O) groups is 2. The Labute approximate surface area is 115 Å². The molecule has 0 unspecified atom stereocenters. The highest BCUT2D eigenvalue weighted by Crippen LogP contribution is 2.44. The van der Waals surface area contributed by atoms with Gasteiger partial charge in [-0.1, -0.05) is 6.08 Å². The van der Waals surface area contributed by atoms with Crippen LogP contribution in [0.5, 0.6) is 0 Å². The van der Waals surface area contributed by atoms with Crippen LogP contribution >= 0.6 is 0 Å². The van der Waals surface area contributed by atoms with Crippen molar-refractivity contribution >= 4 is 12.0 Å². The number of rotatable bonds is 4. The summed E-state index contributed by atoms with van der Waals surface area (Å²) in [5, 5.41) is 1.26. The van der Waals surface area contributed by atoms with E-state index in [1.165, 1.54) is 23.3 Å². The molecule has 1 fully saturated rings. The molecule has 7 heteroatoms. The van der Waals surface area contributed by atoms with Crippen molar-refractivity contribution in [1.29, 1.82) is 0 Å². The number of urea groups is 1. The maximum atomic E-state index is 12.3. The molecule has 0 radical (unpaired) electrons. The van der Waals surface area contributed by atoms with Crippen molar-refractivity contribution in [3.8, 4) is 0 Å². The number of hydrogen-bond donors (Lipinski definition) is 0. The van der Waals surface area contributed by atoms with Crippen LogP contribution in [0.2, 0.25) is 0 Å². The summed E-state index contributed by atoms with van der Waals surface area (Å²) < 4.78 is 10.1. The minimum atomic E-state index is -0.855. The Morgan fingerprint density at radius 2 is 2.45 bits per heavy atom. The Morgan fingerprint density at radius 3 is 3.15 bits per heavy atom. The van der Waals surface area contributed by atoms with Gasteiger partial charge in [0.15, 0.2) is 6.04 Å². The minimum Gasteiger partial charge on any atom is -0.467 e. The van der Waals surface area contributed by atoms with E-state index in [-0.39, 0.29) is 18.7 Å². The zero-order chi connectivity index (χ0) is 14.3. The number of methoxy groups -OCH3 is 1. The number of fused-ring (bicyclic) bond motifs is 4. The standard InChI is InChI=1S/C13H14N2O5/c1-3-5-20-15-9-7-14(13(15)17)10(12(16)18-2)11-8(9)4-6-19-11/h3-4,6,9-10H,1,5,7H2,2H3/t9-,10+/m1/s1. The van der Waals surface area contributed by atoms with Crippen molar-refractivity contribution in [2.75, 3.05) is 20.3 Å². The fraction of sp³-hybridized carbons (Fsp3) is 0.385. The largest absolute Gasteiger partial charge is 0.467 e. The molecule has 0 spiro atoms. The smallest absolute Gasteiger partial charge is 0.345 e. The lowest BCUT2D eigenvalue weighted by molar-refractivity contribution is -0.146. The maximum Gasteiger partial charge on any atom is 0.345 e. The summed E-state index contributed by atoms with van der Waals surface area (Å²) in [6.45, 7) is 4.13. The predicted molar refractivity (Wildman–Crippen MR) is 66.3 cm³/mol. The highest BCUT2D eigenvalue weighted by Gasteiger charge is 2.53. The molecule has 0 saturated carbocycles. The lowest BCUT2D eigenvalue weighted by Gasteiger charge is -2.27. The first kappa shape index (κ1) is 12.7. The molecule has 1 saturated heterocycles. The molecule has 1 aromatic rings. The number of ether oxygens (including phenoxy) is 1. The third-order valence-electron chi connectivity index (χ3n) is 3.49. The van der Waals surface area contributed by atoms with Gasteiger partial charge in [0, 0.05) is 5.56 Å². The maximum absolute atomic E-state index is 12.3. The minimum absolute atomic E-state index is 0.214. The monoisotopic (exact) mass is 278 g/mol. The first-order valence-corrected chi connectivity index (χ1v) is 6.17. The predicted octanol–water partition coefficient (Wildman–Crippen LogP) is 1.40. The van der Waals surface area contributed by atoms with Crippen LogP contribution in [0.25, 0.3) is 0 Å². The van der Waals surface area contributed by atoms with Crippen molar-refractivity contribution in [3.05, 3.63) is 36.3 Å². The van der Waals surface area contributed by atoms with Gasteiger partial charge >= 0.3 is 12.0 Å². The second-order valence-corrected chi connectivity index (χ2v) is 4.53. The van der Waals surface area contributed by atoms with Gasteiger partial charge in [0.2, 0.25) is 0 Å². The Kier molecular flexibility index (Phi) is 2.98. The molecular formula is C13H14N2O5. The number of furan rings is 1. The van der Waals surface area contributed by atoms with Gasteiger partial charge in [-0.2, -0.15) is 5.06 Å². The number of carbonyl (C=O) groups excluding carboxylic acids is 2. The summed E-state index contributed by atoms with van der Waals surface area (Å²) in [5.41, 5.74) is 0.770. The Morgan fingerprint density at radius 1 is 1.65 bits per heavy atom. The fourth-order valence-electron chi connectivity index (χ4n) is 2.63. The molecule has 3 rings (SSSR count). The van der Waals surface area contributed by atoms with Gasteiger partial charge in [-0.25, -0.2) is 9.59 Å². The van der Waals surface area contributed by atoms with Gasteiger partial charge in [-0.3, -0.25) is 9.74 Å². The van der Waals surface area contributed by atoms with E-state index in [4.69, 9.17) is 14.0 Å². The van der Waals surface area contributed by atoms with E-state index in [0.29, 0.717) is 12.3 Å². The molecule has 2 aliphatic heterocycles. The summed E-state index contributed by atoms with van der Waals surface area (Å²) >= 11 is 0. The van der Waals surface area contributed by atoms with Crippen molar-refractivity contribution in [2.24, 2.45) is 0 Å². The van der Waals surface area contributed by atoms with E-state index in [9.17, 15) is 9.59 Å². The first-order chi connectivity index (χ1) is 9.69. The average molecular weight is 278 g/mol. The van der Waals surface area contributed by atoms with Crippen molar-refractivity contribution in [1.82, 2.24) is 9.96 Å². The lowest BCUT2D eigenvalue weighted by atomic mass is 9.99. The number of nitrogens with zero attached hydrogens (tertiary/aromatic N) is 2. The number of hydrogen-bond acceptors (Lipinski definition) is 5.